The zero-order valence-electron chi connectivity index (χ0n) is 4.07. The van der Waals surface area contributed by atoms with Crippen molar-refractivity contribution in [3.05, 3.63) is 0 Å². The topological polar surface area (TPSA) is 87.9 Å². The number of nitrogens with two attached hydrogens (primary N) is 2. The number of rotatable bonds is 3. The number of nitrogens with one attached hydrogen (secondary N) is 2. The van der Waals surface area contributed by atoms with Crippen LogP contribution in [0.5, 0.6) is 0 Å². The van der Waals surface area contributed by atoms with E-state index in [0.717, 1.165) is 0 Å². The maximum atomic E-state index is 6.68. The molecule has 4 heteroatoms. The maximum absolute atomic E-state index is 6.68. The molecule has 0 atom stereocenters. The summed E-state index contributed by atoms with van der Waals surface area (Å²) in [4.78, 5) is 0. The van der Waals surface area contributed by atoms with Gasteiger partial charge in [-0.25, -0.2) is 0 Å². The van der Waals surface area contributed by atoms with E-state index in [9.17, 15) is 0 Å². The molecule has 4 nitrogen and oxygen atoms in total. The molecule has 0 aliphatic carbocycles. The Balaban J connectivity index is 2.82. The molecule has 0 aromatic rings. The van der Waals surface area contributed by atoms with Crippen molar-refractivity contribution in [3.63, 3.8) is 0 Å². The van der Waals surface area contributed by atoms with Crippen LogP contribution in [0.3, 0.4) is 0 Å². The predicted molar refractivity (Wildman–Crippen MR) is 28.7 cm³/mol. The Morgan fingerprint density at radius 2 is 2.29 bits per heavy atom. The van der Waals surface area contributed by atoms with Gasteiger partial charge < -0.3 is 5.73 Å². The first-order chi connectivity index (χ1) is 3.27. The van der Waals surface area contributed by atoms with Crippen molar-refractivity contribution in [2.24, 2.45) is 11.6 Å². The molecule has 0 radical (unpaired) electrons. The van der Waals surface area contributed by atoms with Gasteiger partial charge in [-0.1, -0.05) is 0 Å². The summed E-state index contributed by atoms with van der Waals surface area (Å²) in [5.74, 6) is 5.04. The molecule has 0 unspecified atom stereocenters. The highest BCUT2D eigenvalue weighted by atomic mass is 15.2. The smallest absolute Gasteiger partial charge is 0.0918 e. The third-order valence-corrected chi connectivity index (χ3v) is 0.539. The number of amidine groups is 1. The van der Waals surface area contributed by atoms with Crippen molar-refractivity contribution in [1.82, 2.24) is 5.43 Å². The van der Waals surface area contributed by atoms with Gasteiger partial charge in [0.15, 0.2) is 0 Å². The van der Waals surface area contributed by atoms with Crippen molar-refractivity contribution < 1.29 is 0 Å². The zero-order chi connectivity index (χ0) is 5.70. The molecule has 0 aromatic heterocycles. The molecule has 0 aliphatic rings. The lowest BCUT2D eigenvalue weighted by atomic mass is 10.4. The van der Waals surface area contributed by atoms with E-state index >= 15 is 0 Å². The molecule has 7 heavy (non-hydrogen) atoms. The van der Waals surface area contributed by atoms with Crippen LogP contribution in [0.15, 0.2) is 0 Å². The number of hydrogen-bond donors (Lipinski definition) is 4. The van der Waals surface area contributed by atoms with Crippen LogP contribution in [-0.2, 0) is 0 Å². The summed E-state index contributed by atoms with van der Waals surface area (Å²) >= 11 is 0. The van der Waals surface area contributed by atoms with Gasteiger partial charge in [0.2, 0.25) is 0 Å². The van der Waals surface area contributed by atoms with Crippen molar-refractivity contribution in [2.45, 2.75) is 6.42 Å². The summed E-state index contributed by atoms with van der Waals surface area (Å²) in [6.45, 7) is 0.579. The average Bonchev–Trinajstić information content (AvgIpc) is 1.61. The third kappa shape index (κ3) is 5.39. The summed E-state index contributed by atoms with van der Waals surface area (Å²) in [7, 11) is 0. The first kappa shape index (κ1) is 6.39. The minimum Gasteiger partial charge on any atom is -0.388 e. The van der Waals surface area contributed by atoms with Crippen molar-refractivity contribution >= 4 is 5.84 Å². The first-order valence-corrected chi connectivity index (χ1v) is 2.03. The molecule has 0 aromatic carbocycles. The molecule has 0 bridgehead atoms. The molecule has 0 saturated carbocycles. The highest BCUT2D eigenvalue weighted by molar-refractivity contribution is 5.76. The van der Waals surface area contributed by atoms with Gasteiger partial charge in [-0.3, -0.25) is 16.7 Å². The average molecular weight is 102 g/mol. The van der Waals surface area contributed by atoms with Crippen LogP contribution in [0.2, 0.25) is 0 Å². The van der Waals surface area contributed by atoms with E-state index in [4.69, 9.17) is 17.0 Å². The molecular formula is C3H10N4. The van der Waals surface area contributed by atoms with E-state index in [1.807, 2.05) is 0 Å². The van der Waals surface area contributed by atoms with Crippen molar-refractivity contribution in [2.75, 3.05) is 6.54 Å². The molecule has 0 heterocycles. The molecule has 0 rings (SSSR count). The second-order valence-electron chi connectivity index (χ2n) is 1.23. The quantitative estimate of drug-likeness (QED) is 0.156. The molecule has 0 fully saturated rings. The zero-order valence-corrected chi connectivity index (χ0v) is 4.07. The molecule has 0 aliphatic heterocycles. The van der Waals surface area contributed by atoms with E-state index in [2.05, 4.69) is 5.43 Å². The van der Waals surface area contributed by atoms with E-state index in [0.29, 0.717) is 13.0 Å². The number of hydrogen-bond acceptors (Lipinski definition) is 3. The molecule has 0 saturated heterocycles. The Hall–Kier alpha value is -0.610. The Labute approximate surface area is 42.4 Å². The lowest BCUT2D eigenvalue weighted by molar-refractivity contribution is 0.748. The molecular weight excluding hydrogens is 92.1 g/mol. The fourth-order valence-electron chi connectivity index (χ4n) is 0.207. The van der Waals surface area contributed by atoms with Crippen molar-refractivity contribution in [3.8, 4) is 0 Å². The fraction of sp³-hybridized carbons (Fsp3) is 0.667. The summed E-state index contributed by atoms with van der Waals surface area (Å²) < 4.78 is 0. The van der Waals surface area contributed by atoms with Crippen LogP contribution in [0, 0.1) is 5.41 Å². The van der Waals surface area contributed by atoms with Gasteiger partial charge in [-0.15, -0.1) is 0 Å². The van der Waals surface area contributed by atoms with Gasteiger partial charge >= 0.3 is 0 Å². The Morgan fingerprint density at radius 1 is 1.71 bits per heavy atom. The van der Waals surface area contributed by atoms with E-state index in [1.165, 1.54) is 0 Å². The summed E-state index contributed by atoms with van der Waals surface area (Å²) in [6.07, 6.45) is 0.524. The predicted octanol–water partition coefficient (Wildman–Crippen LogP) is -1.22. The van der Waals surface area contributed by atoms with Gasteiger partial charge in [-0.2, -0.15) is 0 Å². The van der Waals surface area contributed by atoms with Crippen LogP contribution in [0.1, 0.15) is 6.42 Å². The standard InChI is InChI=1S/C3H10N4/c4-3(5)1-2-7-6/h7H,1-2,6H2,(H3,4,5). The second-order valence-corrected chi connectivity index (χ2v) is 1.23. The van der Waals surface area contributed by atoms with Crippen molar-refractivity contribution in [1.29, 1.82) is 5.41 Å². The Bertz CT molecular complexity index is 60.0. The highest BCUT2D eigenvalue weighted by Gasteiger charge is 1.83. The minimum absolute atomic E-state index is 0.165. The minimum atomic E-state index is 0.165. The fourth-order valence-corrected chi connectivity index (χ4v) is 0.207. The van der Waals surface area contributed by atoms with Crippen LogP contribution in [0.4, 0.5) is 0 Å². The summed E-state index contributed by atoms with van der Waals surface area (Å²) in [5.41, 5.74) is 7.34. The van der Waals surface area contributed by atoms with Gasteiger partial charge in [0.25, 0.3) is 0 Å². The van der Waals surface area contributed by atoms with E-state index in [-0.39, 0.29) is 5.84 Å². The third-order valence-electron chi connectivity index (χ3n) is 0.539. The SMILES string of the molecule is N=C(N)CCNN. The Morgan fingerprint density at radius 3 is 2.43 bits per heavy atom. The van der Waals surface area contributed by atoms with Gasteiger partial charge in [0, 0.05) is 13.0 Å². The molecule has 0 amide bonds. The Kier molecular flexibility index (Phi) is 3.26. The second kappa shape index (κ2) is 3.58. The summed E-state index contributed by atoms with van der Waals surface area (Å²) in [6, 6.07) is 0. The van der Waals surface area contributed by atoms with Crippen LogP contribution >= 0.6 is 0 Å². The first-order valence-electron chi connectivity index (χ1n) is 2.03. The molecule has 42 valence electrons. The molecule has 6 N–H and O–H groups in total. The van der Waals surface area contributed by atoms with Gasteiger partial charge in [-0.05, 0) is 0 Å². The van der Waals surface area contributed by atoms with E-state index < -0.39 is 0 Å². The van der Waals surface area contributed by atoms with Crippen LogP contribution < -0.4 is 17.0 Å². The maximum Gasteiger partial charge on any atom is 0.0918 e. The monoisotopic (exact) mass is 102 g/mol. The van der Waals surface area contributed by atoms with E-state index in [1.54, 1.807) is 0 Å². The summed E-state index contributed by atoms with van der Waals surface area (Å²) in [5, 5.41) is 6.68. The van der Waals surface area contributed by atoms with Crippen LogP contribution in [0.25, 0.3) is 0 Å². The van der Waals surface area contributed by atoms with Gasteiger partial charge in [0.05, 0.1) is 5.84 Å². The largest absolute Gasteiger partial charge is 0.388 e. The number of hydrazine groups is 1. The highest BCUT2D eigenvalue weighted by Crippen LogP contribution is 1.67. The van der Waals surface area contributed by atoms with Gasteiger partial charge in [0.1, 0.15) is 0 Å². The lowest BCUT2D eigenvalue weighted by Gasteiger charge is -1.92. The lowest BCUT2D eigenvalue weighted by Crippen LogP contribution is -2.26. The molecule has 0 spiro atoms. The normalized spacial score (nSPS) is 8.71. The van der Waals surface area contributed by atoms with Crippen LogP contribution in [-0.4, -0.2) is 12.4 Å².